The Hall–Kier alpha value is -0.970. The molecule has 2 unspecified atom stereocenters. The zero-order chi connectivity index (χ0) is 12.8. The SMILES string of the molecule is COCCN(C)C(c1ccc(F)cc1)C(C)N. The number of benzene rings is 1. The number of methoxy groups -OCH3 is 1. The van der Waals surface area contributed by atoms with E-state index in [2.05, 4.69) is 4.90 Å². The minimum absolute atomic E-state index is 0.0256. The fourth-order valence-electron chi connectivity index (χ4n) is 1.99. The second-order valence-electron chi connectivity index (χ2n) is 4.33. The van der Waals surface area contributed by atoms with Crippen LogP contribution in [0.5, 0.6) is 0 Å². The molecule has 0 spiro atoms. The van der Waals surface area contributed by atoms with Crippen LogP contribution in [0.2, 0.25) is 0 Å². The smallest absolute Gasteiger partial charge is 0.123 e. The van der Waals surface area contributed by atoms with E-state index < -0.39 is 0 Å². The van der Waals surface area contributed by atoms with Crippen LogP contribution in [0.3, 0.4) is 0 Å². The molecule has 1 aromatic carbocycles. The van der Waals surface area contributed by atoms with Gasteiger partial charge in [-0.3, -0.25) is 4.90 Å². The Labute approximate surface area is 102 Å². The summed E-state index contributed by atoms with van der Waals surface area (Å²) < 4.78 is 17.9. The lowest BCUT2D eigenvalue weighted by molar-refractivity contribution is 0.131. The highest BCUT2D eigenvalue weighted by Crippen LogP contribution is 2.22. The molecule has 1 aromatic rings. The van der Waals surface area contributed by atoms with Gasteiger partial charge in [-0.1, -0.05) is 12.1 Å². The summed E-state index contributed by atoms with van der Waals surface area (Å²) in [6.07, 6.45) is 0. The zero-order valence-corrected chi connectivity index (χ0v) is 10.7. The molecule has 0 amide bonds. The third-order valence-electron chi connectivity index (χ3n) is 2.83. The molecule has 17 heavy (non-hydrogen) atoms. The Balaban J connectivity index is 2.81. The van der Waals surface area contributed by atoms with Crippen LogP contribution in [0.25, 0.3) is 0 Å². The van der Waals surface area contributed by atoms with E-state index in [1.807, 2.05) is 14.0 Å². The van der Waals surface area contributed by atoms with Gasteiger partial charge < -0.3 is 10.5 Å². The van der Waals surface area contributed by atoms with Gasteiger partial charge in [-0.15, -0.1) is 0 Å². The lowest BCUT2D eigenvalue weighted by Crippen LogP contribution is -2.38. The number of nitrogens with zero attached hydrogens (tertiary/aromatic N) is 1. The van der Waals surface area contributed by atoms with E-state index in [1.165, 1.54) is 12.1 Å². The van der Waals surface area contributed by atoms with E-state index in [0.29, 0.717) is 6.61 Å². The fraction of sp³-hybridized carbons (Fsp3) is 0.538. The molecule has 1 rings (SSSR count). The van der Waals surface area contributed by atoms with Gasteiger partial charge in [0.1, 0.15) is 5.82 Å². The summed E-state index contributed by atoms with van der Waals surface area (Å²) in [5, 5.41) is 0. The maximum atomic E-state index is 12.9. The van der Waals surface area contributed by atoms with E-state index in [-0.39, 0.29) is 17.9 Å². The van der Waals surface area contributed by atoms with Crippen molar-refractivity contribution in [2.24, 2.45) is 5.73 Å². The first kappa shape index (κ1) is 14.1. The summed E-state index contributed by atoms with van der Waals surface area (Å²) >= 11 is 0. The van der Waals surface area contributed by atoms with E-state index in [0.717, 1.165) is 12.1 Å². The fourth-order valence-corrected chi connectivity index (χ4v) is 1.99. The molecule has 2 N–H and O–H groups in total. The van der Waals surface area contributed by atoms with Crippen LogP contribution in [0.4, 0.5) is 4.39 Å². The van der Waals surface area contributed by atoms with Crippen LogP contribution in [0, 0.1) is 5.82 Å². The molecule has 0 aliphatic heterocycles. The second kappa shape index (κ2) is 6.69. The number of ether oxygens (including phenoxy) is 1. The first-order valence-electron chi connectivity index (χ1n) is 5.76. The quantitative estimate of drug-likeness (QED) is 0.824. The van der Waals surface area contributed by atoms with Crippen molar-refractivity contribution in [3.63, 3.8) is 0 Å². The molecule has 0 radical (unpaired) electrons. The first-order valence-corrected chi connectivity index (χ1v) is 5.76. The number of nitrogens with two attached hydrogens (primary N) is 1. The maximum Gasteiger partial charge on any atom is 0.123 e. The first-order chi connectivity index (χ1) is 8.06. The third kappa shape index (κ3) is 4.07. The molecule has 0 saturated carbocycles. The Morgan fingerprint density at radius 1 is 1.35 bits per heavy atom. The number of hydrogen-bond donors (Lipinski definition) is 1. The molecule has 3 nitrogen and oxygen atoms in total. The third-order valence-corrected chi connectivity index (χ3v) is 2.83. The van der Waals surface area contributed by atoms with Gasteiger partial charge in [0.2, 0.25) is 0 Å². The van der Waals surface area contributed by atoms with Crippen LogP contribution < -0.4 is 5.73 Å². The Bertz CT molecular complexity index is 327. The minimum Gasteiger partial charge on any atom is -0.383 e. The molecule has 2 atom stereocenters. The predicted molar refractivity (Wildman–Crippen MR) is 67.3 cm³/mol. The zero-order valence-electron chi connectivity index (χ0n) is 10.7. The average Bonchev–Trinajstić information content (AvgIpc) is 2.29. The number of likely N-dealkylation sites (N-methyl/N-ethyl adjacent to an activating group) is 1. The molecule has 0 fully saturated rings. The molecule has 0 aliphatic rings. The topological polar surface area (TPSA) is 38.5 Å². The minimum atomic E-state index is -0.225. The van der Waals surface area contributed by atoms with Gasteiger partial charge in [0, 0.05) is 25.7 Å². The molecule has 0 heterocycles. The van der Waals surface area contributed by atoms with Gasteiger partial charge >= 0.3 is 0 Å². The van der Waals surface area contributed by atoms with E-state index >= 15 is 0 Å². The van der Waals surface area contributed by atoms with Gasteiger partial charge in [-0.2, -0.15) is 0 Å². The molecule has 0 saturated heterocycles. The van der Waals surface area contributed by atoms with Crippen molar-refractivity contribution < 1.29 is 9.13 Å². The van der Waals surface area contributed by atoms with Gasteiger partial charge in [-0.05, 0) is 31.7 Å². The number of halogens is 1. The molecule has 96 valence electrons. The highest BCUT2D eigenvalue weighted by Gasteiger charge is 2.20. The van der Waals surface area contributed by atoms with E-state index in [9.17, 15) is 4.39 Å². The van der Waals surface area contributed by atoms with Crippen molar-refractivity contribution in [2.45, 2.75) is 19.0 Å². The van der Waals surface area contributed by atoms with Crippen molar-refractivity contribution in [3.05, 3.63) is 35.6 Å². The van der Waals surface area contributed by atoms with Crippen molar-refractivity contribution in [3.8, 4) is 0 Å². The maximum absolute atomic E-state index is 12.9. The average molecular weight is 240 g/mol. The Morgan fingerprint density at radius 2 is 1.94 bits per heavy atom. The van der Waals surface area contributed by atoms with Crippen molar-refractivity contribution >= 4 is 0 Å². The summed E-state index contributed by atoms with van der Waals surface area (Å²) in [6.45, 7) is 3.40. The van der Waals surface area contributed by atoms with Crippen molar-refractivity contribution in [1.82, 2.24) is 4.90 Å². The van der Waals surface area contributed by atoms with Gasteiger partial charge in [0.25, 0.3) is 0 Å². The lowest BCUT2D eigenvalue weighted by atomic mass is 9.99. The largest absolute Gasteiger partial charge is 0.383 e. The van der Waals surface area contributed by atoms with Crippen LogP contribution in [0.1, 0.15) is 18.5 Å². The van der Waals surface area contributed by atoms with Crippen LogP contribution >= 0.6 is 0 Å². The van der Waals surface area contributed by atoms with E-state index in [4.69, 9.17) is 10.5 Å². The van der Waals surface area contributed by atoms with Crippen LogP contribution in [-0.4, -0.2) is 38.3 Å². The molecular weight excluding hydrogens is 219 g/mol. The Morgan fingerprint density at radius 3 is 2.41 bits per heavy atom. The molecule has 4 heteroatoms. The molecule has 0 aromatic heterocycles. The number of rotatable bonds is 6. The number of hydrogen-bond acceptors (Lipinski definition) is 3. The summed E-state index contributed by atoms with van der Waals surface area (Å²) in [6, 6.07) is 6.55. The predicted octanol–water partition coefficient (Wildman–Crippen LogP) is 1.79. The summed E-state index contributed by atoms with van der Waals surface area (Å²) in [4.78, 5) is 2.13. The van der Waals surface area contributed by atoms with Gasteiger partial charge in [-0.25, -0.2) is 4.39 Å². The van der Waals surface area contributed by atoms with Crippen molar-refractivity contribution in [2.75, 3.05) is 27.3 Å². The van der Waals surface area contributed by atoms with Crippen LogP contribution in [0.15, 0.2) is 24.3 Å². The highest BCUT2D eigenvalue weighted by molar-refractivity contribution is 5.21. The Kier molecular flexibility index (Phi) is 5.55. The van der Waals surface area contributed by atoms with Crippen molar-refractivity contribution in [1.29, 1.82) is 0 Å². The monoisotopic (exact) mass is 240 g/mol. The second-order valence-corrected chi connectivity index (χ2v) is 4.33. The highest BCUT2D eigenvalue weighted by atomic mass is 19.1. The molecular formula is C13H21FN2O. The summed E-state index contributed by atoms with van der Waals surface area (Å²) in [7, 11) is 3.67. The molecule has 0 bridgehead atoms. The summed E-state index contributed by atoms with van der Waals surface area (Å²) in [5.41, 5.74) is 7.03. The van der Waals surface area contributed by atoms with Crippen LogP contribution in [-0.2, 0) is 4.74 Å². The summed E-state index contributed by atoms with van der Waals surface area (Å²) in [5.74, 6) is -0.225. The van der Waals surface area contributed by atoms with Gasteiger partial charge in [0.05, 0.1) is 6.61 Å². The van der Waals surface area contributed by atoms with E-state index in [1.54, 1.807) is 19.2 Å². The molecule has 0 aliphatic carbocycles. The lowest BCUT2D eigenvalue weighted by Gasteiger charge is -2.31. The normalized spacial score (nSPS) is 14.9. The standard InChI is InChI=1S/C13H21FN2O/c1-10(15)13(16(2)8-9-17-3)11-4-6-12(14)7-5-11/h4-7,10,13H,8-9,15H2,1-3H3. The van der Waals surface area contributed by atoms with Gasteiger partial charge in [0.15, 0.2) is 0 Å².